The molecule has 1 aliphatic heterocycles. The molecule has 0 bridgehead atoms. The Labute approximate surface area is 83.1 Å². The molecule has 14 heavy (non-hydrogen) atoms. The van der Waals surface area contributed by atoms with Crippen LogP contribution in [-0.2, 0) is 11.3 Å². The van der Waals surface area contributed by atoms with Gasteiger partial charge in [-0.25, -0.2) is 10.5 Å². The van der Waals surface area contributed by atoms with E-state index in [1.54, 1.807) is 7.11 Å². The van der Waals surface area contributed by atoms with Crippen LogP contribution in [0.4, 0.5) is 0 Å². The molecule has 1 aromatic carbocycles. The van der Waals surface area contributed by atoms with Gasteiger partial charge in [0.05, 0.1) is 7.11 Å². The number of aliphatic imine (C=N–C) groups is 1. The maximum absolute atomic E-state index is 4.86. The smallest absolute Gasteiger partial charge is 0.157 e. The molecular formula is C11H12N2O. The van der Waals surface area contributed by atoms with Gasteiger partial charge in [-0.2, -0.15) is 0 Å². The Balaban J connectivity index is 2.44. The normalized spacial score (nSPS) is 14.6. The number of rotatable bonds is 1. The molecule has 0 amide bonds. The molecule has 0 unspecified atom stereocenters. The molecule has 0 aromatic heterocycles. The minimum absolute atomic E-state index is 0.736. The molecule has 1 heterocycles. The van der Waals surface area contributed by atoms with Crippen molar-refractivity contribution in [2.24, 2.45) is 4.99 Å². The largest absolute Gasteiger partial charge is 0.278 e. The van der Waals surface area contributed by atoms with Gasteiger partial charge in [-0.15, -0.1) is 0 Å². The summed E-state index contributed by atoms with van der Waals surface area (Å²) in [4.78, 5) is 9.16. The van der Waals surface area contributed by atoms with E-state index in [-0.39, 0.29) is 0 Å². The van der Waals surface area contributed by atoms with Gasteiger partial charge in [0.15, 0.2) is 5.84 Å². The fraction of sp³-hybridized carbons (Fsp3) is 0.182. The summed E-state index contributed by atoms with van der Waals surface area (Å²) in [5, 5.41) is 0. The van der Waals surface area contributed by atoms with Crippen LogP contribution in [-0.4, -0.2) is 12.9 Å². The molecule has 3 heteroatoms. The van der Waals surface area contributed by atoms with Gasteiger partial charge in [0.25, 0.3) is 0 Å². The van der Waals surface area contributed by atoms with Crippen molar-refractivity contribution >= 4 is 5.84 Å². The molecule has 0 saturated carbocycles. The third-order valence-electron chi connectivity index (χ3n) is 2.14. The van der Waals surface area contributed by atoms with Crippen LogP contribution in [0, 0.1) is 0 Å². The Hall–Kier alpha value is -1.61. The molecular weight excluding hydrogens is 176 g/mol. The second-order valence-electron chi connectivity index (χ2n) is 3.17. The highest BCUT2D eigenvalue weighted by Gasteiger charge is 2.14. The van der Waals surface area contributed by atoms with Crippen LogP contribution in [0.5, 0.6) is 0 Å². The summed E-state index contributed by atoms with van der Waals surface area (Å²) in [5.74, 6) is 0.736. The lowest BCUT2D eigenvalue weighted by Gasteiger charge is -2.17. The van der Waals surface area contributed by atoms with E-state index < -0.39 is 0 Å². The number of allylic oxidation sites excluding steroid dienone is 1. The van der Waals surface area contributed by atoms with Crippen LogP contribution in [0.25, 0.3) is 0 Å². The summed E-state index contributed by atoms with van der Waals surface area (Å²) in [6.45, 7) is 3.86. The third kappa shape index (κ3) is 1.54. The molecule has 3 nitrogen and oxygen atoms in total. The zero-order chi connectivity index (χ0) is 9.97. The Morgan fingerprint density at radius 1 is 1.43 bits per heavy atom. The average molecular weight is 188 g/mol. The molecule has 0 aliphatic carbocycles. The number of hydrogen-bond donors (Lipinski definition) is 1. The van der Waals surface area contributed by atoms with Gasteiger partial charge in [-0.1, -0.05) is 30.8 Å². The van der Waals surface area contributed by atoms with Crippen molar-refractivity contribution in [1.82, 2.24) is 5.48 Å². The van der Waals surface area contributed by atoms with Crippen LogP contribution in [0.15, 0.2) is 41.5 Å². The molecule has 1 aromatic rings. The maximum Gasteiger partial charge on any atom is 0.157 e. The fourth-order valence-electron chi connectivity index (χ4n) is 1.56. The van der Waals surface area contributed by atoms with E-state index in [2.05, 4.69) is 23.1 Å². The topological polar surface area (TPSA) is 33.6 Å². The van der Waals surface area contributed by atoms with Gasteiger partial charge in [0.2, 0.25) is 0 Å². The zero-order valence-electron chi connectivity index (χ0n) is 8.08. The number of nitrogens with zero attached hydrogens (tertiary/aromatic N) is 1. The quantitative estimate of drug-likeness (QED) is 0.680. The Kier molecular flexibility index (Phi) is 2.33. The molecule has 0 saturated heterocycles. The van der Waals surface area contributed by atoms with E-state index in [9.17, 15) is 0 Å². The van der Waals surface area contributed by atoms with Gasteiger partial charge in [-0.05, 0) is 5.56 Å². The summed E-state index contributed by atoms with van der Waals surface area (Å²) in [6, 6.07) is 8.10. The second kappa shape index (κ2) is 3.64. The fourth-order valence-corrected chi connectivity index (χ4v) is 1.56. The number of nitrogens with one attached hydrogen (secondary N) is 1. The first kappa shape index (κ1) is 8.97. The van der Waals surface area contributed by atoms with Gasteiger partial charge in [0.1, 0.15) is 0 Å². The number of amidine groups is 1. The van der Waals surface area contributed by atoms with Crippen molar-refractivity contribution in [2.75, 3.05) is 7.11 Å². The molecule has 0 fully saturated rings. The lowest BCUT2D eigenvalue weighted by molar-refractivity contribution is 0.144. The number of benzene rings is 1. The molecule has 0 radical (unpaired) electrons. The van der Waals surface area contributed by atoms with E-state index in [1.165, 1.54) is 5.56 Å². The minimum Gasteiger partial charge on any atom is -0.278 e. The van der Waals surface area contributed by atoms with Crippen molar-refractivity contribution in [3.05, 3.63) is 47.7 Å². The summed E-state index contributed by atoms with van der Waals surface area (Å²) < 4.78 is 0. The summed E-state index contributed by atoms with van der Waals surface area (Å²) >= 11 is 0. The molecule has 72 valence electrons. The number of hydrogen-bond acceptors (Lipinski definition) is 3. The first-order chi connectivity index (χ1) is 6.81. The maximum atomic E-state index is 4.86. The van der Waals surface area contributed by atoms with Gasteiger partial charge in [0, 0.05) is 17.7 Å². The third-order valence-corrected chi connectivity index (χ3v) is 2.14. The highest BCUT2D eigenvalue weighted by atomic mass is 16.6. The molecule has 1 aliphatic rings. The van der Waals surface area contributed by atoms with Crippen molar-refractivity contribution in [3.8, 4) is 0 Å². The van der Waals surface area contributed by atoms with E-state index >= 15 is 0 Å². The first-order valence-electron chi connectivity index (χ1n) is 4.45. The van der Waals surface area contributed by atoms with E-state index in [0.29, 0.717) is 0 Å². The van der Waals surface area contributed by atoms with Crippen LogP contribution in [0.3, 0.4) is 0 Å². The van der Waals surface area contributed by atoms with Crippen molar-refractivity contribution < 1.29 is 4.84 Å². The highest BCUT2D eigenvalue weighted by molar-refractivity contribution is 6.01. The predicted molar refractivity (Wildman–Crippen MR) is 56.0 cm³/mol. The second-order valence-corrected chi connectivity index (χ2v) is 3.17. The van der Waals surface area contributed by atoms with E-state index in [4.69, 9.17) is 4.84 Å². The molecule has 1 N–H and O–H groups in total. The Bertz CT molecular complexity index is 396. The summed E-state index contributed by atoms with van der Waals surface area (Å²) in [7, 11) is 1.57. The lowest BCUT2D eigenvalue weighted by atomic mass is 10.00. The van der Waals surface area contributed by atoms with Crippen LogP contribution >= 0.6 is 0 Å². The highest BCUT2D eigenvalue weighted by Crippen LogP contribution is 2.19. The standard InChI is InChI=1S/C11H12N2O/c1-8-7-9-5-3-4-6-10(9)11(12-8)13-14-2/h3-6H,1,7H2,2H3,(H,12,13). The monoisotopic (exact) mass is 188 g/mol. The molecule has 0 atom stereocenters. The number of fused-ring (bicyclic) bond motifs is 1. The number of hydroxylamine groups is 1. The van der Waals surface area contributed by atoms with Crippen molar-refractivity contribution in [3.63, 3.8) is 0 Å². The van der Waals surface area contributed by atoms with Gasteiger partial charge >= 0.3 is 0 Å². The van der Waals surface area contributed by atoms with Crippen LogP contribution in [0.2, 0.25) is 0 Å². The van der Waals surface area contributed by atoms with Crippen molar-refractivity contribution in [1.29, 1.82) is 0 Å². The lowest BCUT2D eigenvalue weighted by Crippen LogP contribution is -2.26. The summed E-state index contributed by atoms with van der Waals surface area (Å²) in [6.07, 6.45) is 0.811. The molecule has 2 rings (SSSR count). The van der Waals surface area contributed by atoms with E-state index in [0.717, 1.165) is 23.5 Å². The Morgan fingerprint density at radius 3 is 3.00 bits per heavy atom. The van der Waals surface area contributed by atoms with Crippen LogP contribution < -0.4 is 5.48 Å². The zero-order valence-corrected chi connectivity index (χ0v) is 8.08. The predicted octanol–water partition coefficient (Wildman–Crippen LogP) is 1.65. The van der Waals surface area contributed by atoms with Crippen LogP contribution in [0.1, 0.15) is 11.1 Å². The molecule has 0 spiro atoms. The minimum atomic E-state index is 0.736. The Morgan fingerprint density at radius 2 is 2.21 bits per heavy atom. The SMILES string of the molecule is C=C1Cc2ccccc2C(NOC)=N1. The van der Waals surface area contributed by atoms with Gasteiger partial charge < -0.3 is 0 Å². The van der Waals surface area contributed by atoms with E-state index in [1.807, 2.05) is 18.2 Å². The first-order valence-corrected chi connectivity index (χ1v) is 4.45. The average Bonchev–Trinajstić information content (AvgIpc) is 2.18. The van der Waals surface area contributed by atoms with Crippen molar-refractivity contribution in [2.45, 2.75) is 6.42 Å². The summed E-state index contributed by atoms with van der Waals surface area (Å²) in [5.41, 5.74) is 5.92. The van der Waals surface area contributed by atoms with Gasteiger partial charge in [-0.3, -0.25) is 4.84 Å².